The van der Waals surface area contributed by atoms with Crippen molar-refractivity contribution < 1.29 is 13.9 Å². The molecule has 2 aromatic carbocycles. The lowest BCUT2D eigenvalue weighted by molar-refractivity contribution is 0.102. The second kappa shape index (κ2) is 8.10. The molecule has 1 aromatic heterocycles. The van der Waals surface area contributed by atoms with Gasteiger partial charge in [0.25, 0.3) is 5.91 Å². The Balaban J connectivity index is 1.63. The number of anilines is 1. The van der Waals surface area contributed by atoms with Gasteiger partial charge in [-0.1, -0.05) is 32.0 Å². The second-order valence-electron chi connectivity index (χ2n) is 6.07. The monoisotopic (exact) mass is 370 g/mol. The Bertz CT molecular complexity index is 891. The number of hydrogen-bond donors (Lipinski definition) is 1. The molecular weight excluding hydrogens is 351 g/mol. The standard InChI is InChI=1S/C20H19FN2O2S/c1-13(2)16-5-3-4-6-18(16)25-11-19-23-17(12-26-19)20(24)22-15-9-7-14(21)8-10-15/h3-10,12-13H,11H2,1-2H3,(H,22,24). The summed E-state index contributed by atoms with van der Waals surface area (Å²) in [6.45, 7) is 4.53. The smallest absolute Gasteiger partial charge is 0.275 e. The Labute approximate surface area is 155 Å². The van der Waals surface area contributed by atoms with Gasteiger partial charge in [0.05, 0.1) is 0 Å². The van der Waals surface area contributed by atoms with Gasteiger partial charge in [-0.15, -0.1) is 11.3 Å². The zero-order chi connectivity index (χ0) is 18.5. The van der Waals surface area contributed by atoms with Crippen LogP contribution in [0, 0.1) is 5.82 Å². The van der Waals surface area contributed by atoms with Crippen LogP contribution in [0.5, 0.6) is 5.75 Å². The molecule has 0 aliphatic rings. The molecule has 0 atom stereocenters. The second-order valence-corrected chi connectivity index (χ2v) is 7.01. The first kappa shape index (κ1) is 18.1. The Morgan fingerprint density at radius 1 is 1.19 bits per heavy atom. The molecule has 0 saturated carbocycles. The van der Waals surface area contributed by atoms with E-state index in [9.17, 15) is 9.18 Å². The maximum absolute atomic E-state index is 12.9. The highest BCUT2D eigenvalue weighted by atomic mass is 32.1. The van der Waals surface area contributed by atoms with Gasteiger partial charge >= 0.3 is 0 Å². The van der Waals surface area contributed by atoms with Crippen LogP contribution in [0.15, 0.2) is 53.9 Å². The Morgan fingerprint density at radius 3 is 2.65 bits per heavy atom. The lowest BCUT2D eigenvalue weighted by atomic mass is 10.0. The van der Waals surface area contributed by atoms with Gasteiger partial charge in [0.15, 0.2) is 0 Å². The first-order valence-electron chi connectivity index (χ1n) is 8.26. The summed E-state index contributed by atoms with van der Waals surface area (Å²) in [5.74, 6) is 0.508. The molecule has 3 rings (SSSR count). The number of amides is 1. The quantitative estimate of drug-likeness (QED) is 0.646. The van der Waals surface area contributed by atoms with Crippen molar-refractivity contribution in [1.29, 1.82) is 0 Å². The summed E-state index contributed by atoms with van der Waals surface area (Å²) >= 11 is 1.37. The Hall–Kier alpha value is -2.73. The van der Waals surface area contributed by atoms with E-state index in [1.165, 1.54) is 35.6 Å². The number of ether oxygens (including phenoxy) is 1. The van der Waals surface area contributed by atoms with Crippen LogP contribution < -0.4 is 10.1 Å². The normalized spacial score (nSPS) is 10.8. The zero-order valence-corrected chi connectivity index (χ0v) is 15.3. The SMILES string of the molecule is CC(C)c1ccccc1OCc1nc(C(=O)Nc2ccc(F)cc2)cs1. The molecule has 0 saturated heterocycles. The lowest BCUT2D eigenvalue weighted by Crippen LogP contribution is -2.12. The van der Waals surface area contributed by atoms with E-state index in [-0.39, 0.29) is 11.7 Å². The molecular formula is C20H19FN2O2S. The number of hydrogen-bond acceptors (Lipinski definition) is 4. The van der Waals surface area contributed by atoms with Crippen LogP contribution in [-0.2, 0) is 6.61 Å². The summed E-state index contributed by atoms with van der Waals surface area (Å²) in [5.41, 5.74) is 1.97. The van der Waals surface area contributed by atoms with Crippen molar-refractivity contribution in [3.05, 3.63) is 76.0 Å². The minimum atomic E-state index is -0.349. The van der Waals surface area contributed by atoms with Crippen LogP contribution in [0.4, 0.5) is 10.1 Å². The van der Waals surface area contributed by atoms with Gasteiger partial charge in [-0.25, -0.2) is 9.37 Å². The molecule has 0 radical (unpaired) electrons. The predicted octanol–water partition coefficient (Wildman–Crippen LogP) is 5.24. The molecule has 134 valence electrons. The van der Waals surface area contributed by atoms with Crippen molar-refractivity contribution in [2.45, 2.75) is 26.4 Å². The number of nitrogens with one attached hydrogen (secondary N) is 1. The van der Waals surface area contributed by atoms with Crippen LogP contribution >= 0.6 is 11.3 Å². The maximum atomic E-state index is 12.9. The van der Waals surface area contributed by atoms with Crippen molar-refractivity contribution in [2.75, 3.05) is 5.32 Å². The lowest BCUT2D eigenvalue weighted by Gasteiger charge is -2.12. The number of aromatic nitrogens is 1. The molecule has 0 spiro atoms. The van der Waals surface area contributed by atoms with E-state index >= 15 is 0 Å². The van der Waals surface area contributed by atoms with E-state index in [2.05, 4.69) is 24.1 Å². The van der Waals surface area contributed by atoms with Gasteiger partial charge in [-0.3, -0.25) is 4.79 Å². The van der Waals surface area contributed by atoms with Gasteiger partial charge in [-0.2, -0.15) is 0 Å². The molecule has 0 aliphatic carbocycles. The van der Waals surface area contributed by atoms with Crippen LogP contribution in [0.1, 0.15) is 40.8 Å². The van der Waals surface area contributed by atoms with Gasteiger partial charge in [0.2, 0.25) is 0 Å². The fraction of sp³-hybridized carbons (Fsp3) is 0.200. The summed E-state index contributed by atoms with van der Waals surface area (Å²) in [6.07, 6.45) is 0. The summed E-state index contributed by atoms with van der Waals surface area (Å²) in [7, 11) is 0. The highest BCUT2D eigenvalue weighted by molar-refractivity contribution is 7.09. The van der Waals surface area contributed by atoms with Crippen molar-refractivity contribution in [1.82, 2.24) is 4.98 Å². The van der Waals surface area contributed by atoms with Crippen LogP contribution in [0.3, 0.4) is 0 Å². The number of rotatable bonds is 6. The van der Waals surface area contributed by atoms with Gasteiger partial charge in [-0.05, 0) is 41.8 Å². The van der Waals surface area contributed by atoms with Gasteiger partial charge < -0.3 is 10.1 Å². The molecule has 1 amide bonds. The van der Waals surface area contributed by atoms with Gasteiger partial charge in [0, 0.05) is 11.1 Å². The van der Waals surface area contributed by atoms with E-state index in [0.717, 1.165) is 11.3 Å². The van der Waals surface area contributed by atoms with Crippen LogP contribution in [0.2, 0.25) is 0 Å². The molecule has 0 unspecified atom stereocenters. The average Bonchev–Trinajstić information content (AvgIpc) is 3.11. The van der Waals surface area contributed by atoms with E-state index in [0.29, 0.717) is 28.9 Å². The van der Waals surface area contributed by atoms with Crippen LogP contribution in [-0.4, -0.2) is 10.9 Å². The third kappa shape index (κ3) is 4.46. The Kier molecular flexibility index (Phi) is 5.63. The third-order valence-corrected chi connectivity index (χ3v) is 4.60. The maximum Gasteiger partial charge on any atom is 0.275 e. The highest BCUT2D eigenvalue weighted by Gasteiger charge is 2.13. The molecule has 26 heavy (non-hydrogen) atoms. The molecule has 1 heterocycles. The fourth-order valence-electron chi connectivity index (χ4n) is 2.44. The first-order chi connectivity index (χ1) is 12.5. The van der Waals surface area contributed by atoms with Crippen LogP contribution in [0.25, 0.3) is 0 Å². The first-order valence-corrected chi connectivity index (χ1v) is 9.14. The summed E-state index contributed by atoms with van der Waals surface area (Å²) in [6, 6.07) is 13.5. The molecule has 6 heteroatoms. The van der Waals surface area contributed by atoms with E-state index < -0.39 is 0 Å². The van der Waals surface area contributed by atoms with E-state index in [1.54, 1.807) is 5.38 Å². The average molecular weight is 370 g/mol. The number of benzene rings is 2. The molecule has 0 bridgehead atoms. The van der Waals surface area contributed by atoms with Gasteiger partial charge in [0.1, 0.15) is 28.9 Å². The zero-order valence-electron chi connectivity index (χ0n) is 14.5. The summed E-state index contributed by atoms with van der Waals surface area (Å²) in [4.78, 5) is 16.5. The van der Waals surface area contributed by atoms with E-state index in [1.807, 2.05) is 24.3 Å². The molecule has 3 aromatic rings. The number of para-hydroxylation sites is 1. The Morgan fingerprint density at radius 2 is 1.92 bits per heavy atom. The number of carbonyl (C=O) groups excluding carboxylic acids is 1. The molecule has 0 aliphatic heterocycles. The van der Waals surface area contributed by atoms with Crippen molar-refractivity contribution in [3.8, 4) is 5.75 Å². The number of thiazole rings is 1. The number of carbonyl (C=O) groups is 1. The summed E-state index contributed by atoms with van der Waals surface area (Å²) < 4.78 is 18.8. The number of halogens is 1. The minimum Gasteiger partial charge on any atom is -0.486 e. The molecule has 4 nitrogen and oxygen atoms in total. The number of nitrogens with zero attached hydrogens (tertiary/aromatic N) is 1. The van der Waals surface area contributed by atoms with E-state index in [4.69, 9.17) is 4.74 Å². The topological polar surface area (TPSA) is 51.2 Å². The third-order valence-electron chi connectivity index (χ3n) is 3.78. The fourth-order valence-corrected chi connectivity index (χ4v) is 3.12. The van der Waals surface area contributed by atoms with Crippen molar-refractivity contribution in [2.24, 2.45) is 0 Å². The van der Waals surface area contributed by atoms with Crippen molar-refractivity contribution >= 4 is 22.9 Å². The highest BCUT2D eigenvalue weighted by Crippen LogP contribution is 2.27. The minimum absolute atomic E-state index is 0.304. The van der Waals surface area contributed by atoms with Crippen molar-refractivity contribution in [3.63, 3.8) is 0 Å². The molecule has 1 N–H and O–H groups in total. The summed E-state index contributed by atoms with van der Waals surface area (Å²) in [5, 5.41) is 5.10. The molecule has 0 fully saturated rings. The largest absolute Gasteiger partial charge is 0.486 e. The predicted molar refractivity (Wildman–Crippen MR) is 101 cm³/mol.